The maximum atomic E-state index is 6.69. The van der Waals surface area contributed by atoms with Crippen molar-refractivity contribution in [2.24, 2.45) is 0 Å². The Kier molecular flexibility index (Phi) is 7.21. The highest BCUT2D eigenvalue weighted by atomic mass is 35.5. The fourth-order valence-electron chi connectivity index (χ4n) is 4.05. The summed E-state index contributed by atoms with van der Waals surface area (Å²) in [6, 6.07) is 33.3. The van der Waals surface area contributed by atoms with Crippen LogP contribution < -0.4 is 18.9 Å². The number of halogens is 1. The SMILES string of the molecule is Clc1cccc2c(OCCOc3ccccc3)c3ccccc3c(OCCOc3ccccc3)c12. The highest BCUT2D eigenvalue weighted by Gasteiger charge is 2.18. The van der Waals surface area contributed by atoms with E-state index in [2.05, 4.69) is 0 Å². The average Bonchev–Trinajstić information content (AvgIpc) is 2.91. The molecule has 0 heterocycles. The van der Waals surface area contributed by atoms with Gasteiger partial charge in [-0.05, 0) is 30.3 Å². The molecule has 176 valence electrons. The van der Waals surface area contributed by atoms with Gasteiger partial charge in [0, 0.05) is 21.5 Å². The zero-order valence-corrected chi connectivity index (χ0v) is 19.9. The summed E-state index contributed by atoms with van der Waals surface area (Å²) < 4.78 is 24.2. The molecule has 0 fully saturated rings. The smallest absolute Gasteiger partial charge is 0.136 e. The van der Waals surface area contributed by atoms with Crippen LogP contribution in [-0.4, -0.2) is 26.4 Å². The second kappa shape index (κ2) is 11.0. The Hall–Kier alpha value is -3.89. The molecule has 0 aliphatic rings. The molecule has 0 spiro atoms. The van der Waals surface area contributed by atoms with Crippen LogP contribution in [0.3, 0.4) is 0 Å². The fourth-order valence-corrected chi connectivity index (χ4v) is 4.31. The molecule has 0 aliphatic heterocycles. The van der Waals surface area contributed by atoms with E-state index in [-0.39, 0.29) is 0 Å². The zero-order valence-electron chi connectivity index (χ0n) is 19.2. The molecule has 5 heteroatoms. The zero-order chi connectivity index (χ0) is 23.9. The lowest BCUT2D eigenvalue weighted by Gasteiger charge is -2.19. The number of benzene rings is 5. The summed E-state index contributed by atoms with van der Waals surface area (Å²) >= 11 is 6.69. The molecule has 35 heavy (non-hydrogen) atoms. The standard InChI is InChI=1S/C30H25ClO4/c31-27-17-9-16-26-28(27)30(35-21-19-33-23-12-5-2-6-13-23)25-15-8-7-14-24(25)29(26)34-20-18-32-22-10-3-1-4-11-22/h1-17H,18-21H2. The molecular weight excluding hydrogens is 460 g/mol. The van der Waals surface area contributed by atoms with Gasteiger partial charge in [0.15, 0.2) is 0 Å². The van der Waals surface area contributed by atoms with Crippen molar-refractivity contribution in [3.8, 4) is 23.0 Å². The maximum absolute atomic E-state index is 6.69. The van der Waals surface area contributed by atoms with Crippen molar-refractivity contribution in [2.45, 2.75) is 0 Å². The maximum Gasteiger partial charge on any atom is 0.136 e. The van der Waals surface area contributed by atoms with Crippen LogP contribution in [-0.2, 0) is 0 Å². The van der Waals surface area contributed by atoms with Gasteiger partial charge in [-0.3, -0.25) is 0 Å². The Balaban J connectivity index is 1.40. The van der Waals surface area contributed by atoms with Gasteiger partial charge in [0.25, 0.3) is 0 Å². The minimum atomic E-state index is 0.379. The number of hydrogen-bond acceptors (Lipinski definition) is 4. The highest BCUT2D eigenvalue weighted by molar-refractivity contribution is 6.37. The van der Waals surface area contributed by atoms with E-state index < -0.39 is 0 Å². The Morgan fingerprint density at radius 1 is 0.429 bits per heavy atom. The monoisotopic (exact) mass is 484 g/mol. The summed E-state index contributed by atoms with van der Waals surface area (Å²) in [5, 5.41) is 4.23. The molecule has 0 bridgehead atoms. The number of ether oxygens (including phenoxy) is 4. The van der Waals surface area contributed by atoms with Crippen LogP contribution in [0.4, 0.5) is 0 Å². The predicted octanol–water partition coefficient (Wildman–Crippen LogP) is 7.56. The van der Waals surface area contributed by atoms with E-state index in [1.54, 1.807) is 0 Å². The molecule has 0 aliphatic carbocycles. The molecule has 0 saturated carbocycles. The second-order valence-corrected chi connectivity index (χ2v) is 8.29. The molecule has 4 nitrogen and oxygen atoms in total. The first-order chi connectivity index (χ1) is 17.3. The Labute approximate surface area is 209 Å². The molecule has 0 N–H and O–H groups in total. The van der Waals surface area contributed by atoms with Crippen molar-refractivity contribution in [1.29, 1.82) is 0 Å². The summed E-state index contributed by atoms with van der Waals surface area (Å²) in [7, 11) is 0. The molecule has 0 radical (unpaired) electrons. The van der Waals surface area contributed by atoms with Crippen LogP contribution in [0.15, 0.2) is 103 Å². The van der Waals surface area contributed by atoms with E-state index >= 15 is 0 Å². The van der Waals surface area contributed by atoms with Crippen molar-refractivity contribution in [1.82, 2.24) is 0 Å². The van der Waals surface area contributed by atoms with E-state index in [4.69, 9.17) is 30.5 Å². The molecule has 0 unspecified atom stereocenters. The van der Waals surface area contributed by atoms with Crippen molar-refractivity contribution >= 4 is 33.1 Å². The lowest BCUT2D eigenvalue weighted by molar-refractivity contribution is 0.218. The van der Waals surface area contributed by atoms with Crippen molar-refractivity contribution in [3.63, 3.8) is 0 Å². The van der Waals surface area contributed by atoms with Crippen LogP contribution in [0.5, 0.6) is 23.0 Å². The highest BCUT2D eigenvalue weighted by Crippen LogP contribution is 2.45. The van der Waals surface area contributed by atoms with Gasteiger partial charge in [-0.15, -0.1) is 0 Å². The lowest BCUT2D eigenvalue weighted by atomic mass is 10.0. The van der Waals surface area contributed by atoms with E-state index in [1.807, 2.05) is 103 Å². The summed E-state index contributed by atoms with van der Waals surface area (Å²) in [4.78, 5) is 0. The molecule has 0 amide bonds. The fraction of sp³-hybridized carbons (Fsp3) is 0.133. The number of fused-ring (bicyclic) bond motifs is 2. The normalized spacial score (nSPS) is 10.9. The minimum absolute atomic E-state index is 0.379. The number of rotatable bonds is 10. The third-order valence-electron chi connectivity index (χ3n) is 5.58. The van der Waals surface area contributed by atoms with Gasteiger partial charge in [-0.1, -0.05) is 84.4 Å². The van der Waals surface area contributed by atoms with Crippen molar-refractivity contribution < 1.29 is 18.9 Å². The molecule has 0 atom stereocenters. The van der Waals surface area contributed by atoms with Gasteiger partial charge in [0.1, 0.15) is 49.4 Å². The third-order valence-corrected chi connectivity index (χ3v) is 5.90. The van der Waals surface area contributed by atoms with E-state index in [0.717, 1.165) is 44.5 Å². The van der Waals surface area contributed by atoms with Gasteiger partial charge in [0.05, 0.1) is 5.02 Å². The van der Waals surface area contributed by atoms with Crippen LogP contribution in [0.2, 0.25) is 5.02 Å². The van der Waals surface area contributed by atoms with Crippen LogP contribution in [0.1, 0.15) is 0 Å². The average molecular weight is 485 g/mol. The van der Waals surface area contributed by atoms with Crippen LogP contribution in [0, 0.1) is 0 Å². The minimum Gasteiger partial charge on any atom is -0.490 e. The van der Waals surface area contributed by atoms with Crippen molar-refractivity contribution in [3.05, 3.63) is 108 Å². The third kappa shape index (κ3) is 5.28. The Morgan fingerprint density at radius 3 is 1.49 bits per heavy atom. The summed E-state index contributed by atoms with van der Waals surface area (Å²) in [5.74, 6) is 3.12. The summed E-state index contributed by atoms with van der Waals surface area (Å²) in [6.07, 6.45) is 0. The van der Waals surface area contributed by atoms with Gasteiger partial charge in [-0.25, -0.2) is 0 Å². The number of hydrogen-bond donors (Lipinski definition) is 0. The molecule has 5 aromatic rings. The summed E-state index contributed by atoms with van der Waals surface area (Å²) in [6.45, 7) is 1.62. The van der Waals surface area contributed by atoms with Gasteiger partial charge in [0.2, 0.25) is 0 Å². The first kappa shape index (κ1) is 22.9. The lowest BCUT2D eigenvalue weighted by Crippen LogP contribution is -2.11. The molecule has 0 saturated heterocycles. The Morgan fingerprint density at radius 2 is 0.886 bits per heavy atom. The molecule has 5 rings (SSSR count). The first-order valence-electron chi connectivity index (χ1n) is 11.6. The van der Waals surface area contributed by atoms with Gasteiger partial charge < -0.3 is 18.9 Å². The predicted molar refractivity (Wildman–Crippen MR) is 141 cm³/mol. The molecule has 5 aromatic carbocycles. The van der Waals surface area contributed by atoms with E-state index in [0.29, 0.717) is 31.5 Å². The second-order valence-electron chi connectivity index (χ2n) is 7.89. The van der Waals surface area contributed by atoms with Crippen LogP contribution in [0.25, 0.3) is 21.5 Å². The Bertz CT molecular complexity index is 1400. The van der Waals surface area contributed by atoms with E-state index in [1.165, 1.54) is 0 Å². The van der Waals surface area contributed by atoms with Crippen molar-refractivity contribution in [2.75, 3.05) is 26.4 Å². The first-order valence-corrected chi connectivity index (χ1v) is 11.9. The van der Waals surface area contributed by atoms with Gasteiger partial charge >= 0.3 is 0 Å². The molecular formula is C30H25ClO4. The van der Waals surface area contributed by atoms with Gasteiger partial charge in [-0.2, -0.15) is 0 Å². The molecule has 0 aromatic heterocycles. The largest absolute Gasteiger partial charge is 0.490 e. The summed E-state index contributed by atoms with van der Waals surface area (Å²) in [5.41, 5.74) is 0. The topological polar surface area (TPSA) is 36.9 Å². The van der Waals surface area contributed by atoms with E-state index in [9.17, 15) is 0 Å². The van der Waals surface area contributed by atoms with Crippen LogP contribution >= 0.6 is 11.6 Å². The number of para-hydroxylation sites is 2. The quantitative estimate of drug-likeness (QED) is 0.151.